The number of rotatable bonds is 5. The Bertz CT molecular complexity index is 598. The van der Waals surface area contributed by atoms with E-state index in [0.29, 0.717) is 23.3 Å². The number of nitrogens with one attached hydrogen (secondary N) is 1. The van der Waals surface area contributed by atoms with Crippen LogP contribution in [0.15, 0.2) is 30.3 Å². The monoisotopic (exact) mass is 260 g/mol. The molecule has 100 valence electrons. The highest BCUT2D eigenvalue weighted by atomic mass is 16.5. The molecule has 5 nitrogen and oxygen atoms in total. The molecule has 0 amide bonds. The van der Waals surface area contributed by atoms with Crippen LogP contribution in [0, 0.1) is 0 Å². The highest BCUT2D eigenvalue weighted by Crippen LogP contribution is 2.19. The normalized spacial score (nSPS) is 12.3. The summed E-state index contributed by atoms with van der Waals surface area (Å²) in [7, 11) is 1.65. The summed E-state index contributed by atoms with van der Waals surface area (Å²) in [5.74, 6) is -0.236. The second-order valence-electron chi connectivity index (χ2n) is 4.30. The van der Waals surface area contributed by atoms with Gasteiger partial charge in [-0.2, -0.15) is 0 Å². The number of aromatic nitrogens is 1. The number of ether oxygens (including phenoxy) is 1. The van der Waals surface area contributed by atoms with Crippen LogP contribution in [0.1, 0.15) is 17.3 Å². The summed E-state index contributed by atoms with van der Waals surface area (Å²) < 4.78 is 5.14. The second kappa shape index (κ2) is 5.67. The third-order valence-corrected chi connectivity index (χ3v) is 2.94. The Hall–Kier alpha value is -2.14. The number of nitrogens with zero attached hydrogens (tertiary/aromatic N) is 1. The van der Waals surface area contributed by atoms with E-state index in [4.69, 9.17) is 9.84 Å². The van der Waals surface area contributed by atoms with E-state index in [1.807, 2.05) is 6.92 Å². The molecule has 0 aliphatic heterocycles. The molecule has 0 saturated heterocycles. The highest BCUT2D eigenvalue weighted by Gasteiger charge is 2.09. The van der Waals surface area contributed by atoms with Crippen molar-refractivity contribution in [2.75, 3.05) is 19.0 Å². The summed E-state index contributed by atoms with van der Waals surface area (Å²) in [6.07, 6.45) is 0.0860. The third-order valence-electron chi connectivity index (χ3n) is 2.94. The molecular formula is C14H16N2O3. The maximum atomic E-state index is 11.1. The standard InChI is InChI=1S/C14H16N2O3/c1-9(19-2)8-15-13-7-6-10-11(14(17)18)4-3-5-12(10)16-13/h3-7,9H,8H2,1-2H3,(H,15,16)(H,17,18). The third kappa shape index (κ3) is 3.00. The largest absolute Gasteiger partial charge is 0.478 e. The molecule has 2 aromatic rings. The van der Waals surface area contributed by atoms with Gasteiger partial charge in [-0.05, 0) is 31.2 Å². The van der Waals surface area contributed by atoms with Crippen LogP contribution >= 0.6 is 0 Å². The minimum absolute atomic E-state index is 0.0860. The summed E-state index contributed by atoms with van der Waals surface area (Å²) in [4.78, 5) is 15.5. The Morgan fingerprint density at radius 1 is 1.42 bits per heavy atom. The van der Waals surface area contributed by atoms with Gasteiger partial charge in [-0.25, -0.2) is 9.78 Å². The van der Waals surface area contributed by atoms with Crippen molar-refractivity contribution in [2.24, 2.45) is 0 Å². The predicted octanol–water partition coefficient (Wildman–Crippen LogP) is 2.38. The molecule has 0 aliphatic carbocycles. The second-order valence-corrected chi connectivity index (χ2v) is 4.30. The van der Waals surface area contributed by atoms with E-state index < -0.39 is 5.97 Å². The molecule has 0 saturated carbocycles. The molecule has 1 heterocycles. The first kappa shape index (κ1) is 13.3. The average molecular weight is 260 g/mol. The number of pyridine rings is 1. The van der Waals surface area contributed by atoms with E-state index >= 15 is 0 Å². The fourth-order valence-electron chi connectivity index (χ4n) is 1.77. The molecule has 0 spiro atoms. The molecule has 1 unspecified atom stereocenters. The maximum Gasteiger partial charge on any atom is 0.336 e. The van der Waals surface area contributed by atoms with Crippen molar-refractivity contribution in [2.45, 2.75) is 13.0 Å². The van der Waals surface area contributed by atoms with E-state index in [2.05, 4.69) is 10.3 Å². The van der Waals surface area contributed by atoms with Crippen LogP contribution in [0.2, 0.25) is 0 Å². The van der Waals surface area contributed by atoms with E-state index in [1.165, 1.54) is 0 Å². The van der Waals surface area contributed by atoms with Crippen molar-refractivity contribution in [3.8, 4) is 0 Å². The lowest BCUT2D eigenvalue weighted by atomic mass is 10.1. The Balaban J connectivity index is 2.29. The van der Waals surface area contributed by atoms with Crippen molar-refractivity contribution in [1.29, 1.82) is 0 Å². The van der Waals surface area contributed by atoms with Crippen molar-refractivity contribution >= 4 is 22.7 Å². The minimum atomic E-state index is -0.943. The minimum Gasteiger partial charge on any atom is -0.478 e. The molecule has 1 atom stereocenters. The Morgan fingerprint density at radius 3 is 2.89 bits per heavy atom. The highest BCUT2D eigenvalue weighted by molar-refractivity contribution is 6.02. The molecule has 19 heavy (non-hydrogen) atoms. The van der Waals surface area contributed by atoms with Crippen molar-refractivity contribution in [1.82, 2.24) is 4.98 Å². The molecule has 1 aromatic carbocycles. The van der Waals surface area contributed by atoms with Crippen LogP contribution in [0.5, 0.6) is 0 Å². The zero-order chi connectivity index (χ0) is 13.8. The van der Waals surface area contributed by atoms with Gasteiger partial charge in [0.2, 0.25) is 0 Å². The van der Waals surface area contributed by atoms with E-state index in [9.17, 15) is 4.79 Å². The number of benzene rings is 1. The van der Waals surface area contributed by atoms with Gasteiger partial charge in [-0.15, -0.1) is 0 Å². The van der Waals surface area contributed by atoms with E-state index in [1.54, 1.807) is 37.4 Å². The molecule has 0 bridgehead atoms. The van der Waals surface area contributed by atoms with Crippen LogP contribution in [0.3, 0.4) is 0 Å². The number of aromatic carboxylic acids is 1. The summed E-state index contributed by atoms with van der Waals surface area (Å²) in [5, 5.41) is 12.9. The Kier molecular flexibility index (Phi) is 3.97. The topological polar surface area (TPSA) is 71.5 Å². The molecule has 2 rings (SSSR count). The van der Waals surface area contributed by atoms with Crippen LogP contribution in [0.25, 0.3) is 10.9 Å². The summed E-state index contributed by atoms with van der Waals surface area (Å²) >= 11 is 0. The fourth-order valence-corrected chi connectivity index (χ4v) is 1.77. The van der Waals surface area contributed by atoms with Gasteiger partial charge < -0.3 is 15.2 Å². The first-order chi connectivity index (χ1) is 9.11. The molecule has 0 aliphatic rings. The zero-order valence-corrected chi connectivity index (χ0v) is 10.9. The van der Waals surface area contributed by atoms with Crippen LogP contribution in [-0.4, -0.2) is 35.8 Å². The van der Waals surface area contributed by atoms with E-state index in [-0.39, 0.29) is 11.7 Å². The van der Waals surface area contributed by atoms with Gasteiger partial charge in [0.25, 0.3) is 0 Å². The number of anilines is 1. The number of hydrogen-bond donors (Lipinski definition) is 2. The number of fused-ring (bicyclic) bond motifs is 1. The van der Waals surface area contributed by atoms with Crippen LogP contribution in [-0.2, 0) is 4.74 Å². The number of carboxylic acids is 1. The molecule has 0 fully saturated rings. The van der Waals surface area contributed by atoms with Gasteiger partial charge in [0.15, 0.2) is 0 Å². The lowest BCUT2D eigenvalue weighted by Crippen LogP contribution is -2.18. The van der Waals surface area contributed by atoms with Crippen LogP contribution in [0.4, 0.5) is 5.82 Å². The van der Waals surface area contributed by atoms with Crippen molar-refractivity contribution in [3.63, 3.8) is 0 Å². The summed E-state index contributed by atoms with van der Waals surface area (Å²) in [6, 6.07) is 8.61. The van der Waals surface area contributed by atoms with Gasteiger partial charge in [0, 0.05) is 19.0 Å². The van der Waals surface area contributed by atoms with Crippen molar-refractivity contribution < 1.29 is 14.6 Å². The van der Waals surface area contributed by atoms with Gasteiger partial charge in [0.1, 0.15) is 5.82 Å². The first-order valence-corrected chi connectivity index (χ1v) is 6.01. The fraction of sp³-hybridized carbons (Fsp3) is 0.286. The smallest absolute Gasteiger partial charge is 0.336 e. The Morgan fingerprint density at radius 2 is 2.21 bits per heavy atom. The van der Waals surface area contributed by atoms with E-state index in [0.717, 1.165) is 0 Å². The Labute approximate surface area is 111 Å². The van der Waals surface area contributed by atoms with Gasteiger partial charge >= 0.3 is 5.97 Å². The maximum absolute atomic E-state index is 11.1. The molecular weight excluding hydrogens is 244 g/mol. The number of carbonyl (C=O) groups is 1. The van der Waals surface area contributed by atoms with Gasteiger partial charge in [-0.3, -0.25) is 0 Å². The summed E-state index contributed by atoms with van der Waals surface area (Å²) in [5.41, 5.74) is 0.928. The lowest BCUT2D eigenvalue weighted by molar-refractivity contribution is 0.0699. The average Bonchev–Trinajstić information content (AvgIpc) is 2.43. The molecule has 0 radical (unpaired) electrons. The molecule has 2 N–H and O–H groups in total. The quantitative estimate of drug-likeness (QED) is 0.863. The predicted molar refractivity (Wildman–Crippen MR) is 73.7 cm³/mol. The number of carboxylic acid groups (broad SMARTS) is 1. The van der Waals surface area contributed by atoms with Crippen molar-refractivity contribution in [3.05, 3.63) is 35.9 Å². The molecule has 1 aromatic heterocycles. The van der Waals surface area contributed by atoms with Gasteiger partial charge in [0.05, 0.1) is 17.2 Å². The zero-order valence-electron chi connectivity index (χ0n) is 10.9. The SMILES string of the molecule is COC(C)CNc1ccc2c(C(=O)O)cccc2n1. The van der Waals surface area contributed by atoms with Crippen LogP contribution < -0.4 is 5.32 Å². The molecule has 5 heteroatoms. The first-order valence-electron chi connectivity index (χ1n) is 6.01. The lowest BCUT2D eigenvalue weighted by Gasteiger charge is -2.12. The summed E-state index contributed by atoms with van der Waals surface area (Å²) in [6.45, 7) is 2.60. The van der Waals surface area contributed by atoms with Gasteiger partial charge in [-0.1, -0.05) is 6.07 Å². The number of methoxy groups -OCH3 is 1. The number of hydrogen-bond acceptors (Lipinski definition) is 4.